The number of nitrogens with one attached hydrogen (secondary N) is 1. The first-order valence-electron chi connectivity index (χ1n) is 18.6. The van der Waals surface area contributed by atoms with Crippen LogP contribution in [0.2, 0.25) is 0 Å². The summed E-state index contributed by atoms with van der Waals surface area (Å²) in [6.07, 6.45) is 37.6. The molecule has 0 aromatic rings. The molecule has 5 N–H and O–H groups in total. The van der Waals surface area contributed by atoms with E-state index in [2.05, 4.69) is 43.5 Å². The van der Waals surface area contributed by atoms with Crippen molar-refractivity contribution >= 4 is 13.7 Å². The van der Waals surface area contributed by atoms with Gasteiger partial charge in [0.25, 0.3) is 0 Å². The summed E-state index contributed by atoms with van der Waals surface area (Å²) in [7, 11) is -4.34. The summed E-state index contributed by atoms with van der Waals surface area (Å²) in [6.45, 7) is 4.06. The zero-order chi connectivity index (χ0) is 34.0. The molecule has 9 heteroatoms. The highest BCUT2D eigenvalue weighted by Gasteiger charge is 2.26. The summed E-state index contributed by atoms with van der Waals surface area (Å²) in [4.78, 5) is 22.5. The van der Waals surface area contributed by atoms with Crippen LogP contribution in [0.5, 0.6) is 0 Å². The normalized spacial score (nSPS) is 14.8. The van der Waals surface area contributed by atoms with E-state index in [1.807, 2.05) is 6.08 Å². The molecule has 0 radical (unpaired) electrons. The van der Waals surface area contributed by atoms with E-state index in [-0.39, 0.29) is 25.7 Å². The molecule has 0 bridgehead atoms. The van der Waals surface area contributed by atoms with Crippen molar-refractivity contribution in [1.29, 1.82) is 0 Å². The van der Waals surface area contributed by atoms with Crippen molar-refractivity contribution in [3.8, 4) is 0 Å². The Labute approximate surface area is 282 Å². The second-order valence-electron chi connectivity index (χ2n) is 12.4. The predicted molar refractivity (Wildman–Crippen MR) is 194 cm³/mol. The highest BCUT2D eigenvalue weighted by molar-refractivity contribution is 7.47. The number of amides is 1. The topological polar surface area (TPSA) is 131 Å². The van der Waals surface area contributed by atoms with Crippen molar-refractivity contribution in [2.24, 2.45) is 5.73 Å². The van der Waals surface area contributed by atoms with Gasteiger partial charge in [0.2, 0.25) is 5.91 Å². The van der Waals surface area contributed by atoms with Crippen molar-refractivity contribution < 1.29 is 28.4 Å². The Morgan fingerprint density at radius 3 is 1.67 bits per heavy atom. The Morgan fingerprint density at radius 1 is 0.696 bits per heavy atom. The summed E-state index contributed by atoms with van der Waals surface area (Å²) in [5.74, 6) is -0.211. The molecular formula is C37H71N2O6P. The monoisotopic (exact) mass is 671 g/mol. The van der Waals surface area contributed by atoms with Gasteiger partial charge >= 0.3 is 7.82 Å². The lowest BCUT2D eigenvalue weighted by atomic mass is 10.0. The number of hydrogen-bond acceptors (Lipinski definition) is 6. The van der Waals surface area contributed by atoms with E-state index in [4.69, 9.17) is 14.8 Å². The Balaban J connectivity index is 4.42. The molecule has 0 saturated heterocycles. The Hall–Kier alpha value is -1.28. The Bertz CT molecular complexity index is 820. The van der Waals surface area contributed by atoms with Crippen LogP contribution in [0.1, 0.15) is 162 Å². The lowest BCUT2D eigenvalue weighted by Crippen LogP contribution is -2.45. The molecule has 0 heterocycles. The van der Waals surface area contributed by atoms with Crippen LogP contribution in [-0.2, 0) is 18.4 Å². The van der Waals surface area contributed by atoms with Gasteiger partial charge in [0, 0.05) is 13.0 Å². The number of phosphoric ester groups is 1. The molecule has 0 spiro atoms. The predicted octanol–water partition coefficient (Wildman–Crippen LogP) is 9.61. The summed E-state index contributed by atoms with van der Waals surface area (Å²) in [5, 5.41) is 13.6. The van der Waals surface area contributed by atoms with Gasteiger partial charge in [0.15, 0.2) is 0 Å². The molecule has 46 heavy (non-hydrogen) atoms. The summed E-state index contributed by atoms with van der Waals surface area (Å²) in [5.41, 5.74) is 5.35. The number of nitrogens with two attached hydrogens (primary N) is 1. The third-order valence-corrected chi connectivity index (χ3v) is 8.93. The van der Waals surface area contributed by atoms with Crippen LogP contribution in [0.25, 0.3) is 0 Å². The van der Waals surface area contributed by atoms with Crippen LogP contribution >= 0.6 is 7.82 Å². The SMILES string of the molecule is CCCCCCC/C=C/CC/C=C/CC/C=C/C(O)C(COP(=O)(O)OCCN)NC(=O)CCCCCCCCCCCCCC. The van der Waals surface area contributed by atoms with Crippen molar-refractivity contribution in [3.63, 3.8) is 0 Å². The van der Waals surface area contributed by atoms with Crippen LogP contribution in [0.3, 0.4) is 0 Å². The number of carbonyl (C=O) groups is 1. The first kappa shape index (κ1) is 44.7. The smallest absolute Gasteiger partial charge is 0.387 e. The average molecular weight is 671 g/mol. The average Bonchev–Trinajstić information content (AvgIpc) is 3.04. The summed E-state index contributed by atoms with van der Waals surface area (Å²) >= 11 is 0. The molecule has 1 amide bonds. The van der Waals surface area contributed by atoms with Gasteiger partial charge in [0.05, 0.1) is 25.4 Å². The number of hydrogen-bond donors (Lipinski definition) is 4. The van der Waals surface area contributed by atoms with Crippen molar-refractivity contribution in [1.82, 2.24) is 5.32 Å². The zero-order valence-electron chi connectivity index (χ0n) is 29.6. The maximum absolute atomic E-state index is 12.7. The molecule has 0 fully saturated rings. The van der Waals surface area contributed by atoms with Gasteiger partial charge in [0.1, 0.15) is 0 Å². The first-order chi connectivity index (χ1) is 22.4. The van der Waals surface area contributed by atoms with Gasteiger partial charge in [-0.25, -0.2) is 4.57 Å². The number of aliphatic hydroxyl groups excluding tert-OH is 1. The van der Waals surface area contributed by atoms with E-state index in [1.165, 1.54) is 96.3 Å². The van der Waals surface area contributed by atoms with Crippen LogP contribution in [0.15, 0.2) is 36.5 Å². The highest BCUT2D eigenvalue weighted by atomic mass is 31.2. The number of rotatable bonds is 34. The third-order valence-electron chi connectivity index (χ3n) is 7.95. The van der Waals surface area contributed by atoms with Gasteiger partial charge in [-0.2, -0.15) is 0 Å². The third kappa shape index (κ3) is 31.3. The van der Waals surface area contributed by atoms with Gasteiger partial charge < -0.3 is 21.1 Å². The molecular weight excluding hydrogens is 599 g/mol. The molecule has 0 aliphatic carbocycles. The van der Waals surface area contributed by atoms with Gasteiger partial charge in [-0.05, 0) is 44.9 Å². The summed E-state index contributed by atoms with van der Waals surface area (Å²) < 4.78 is 22.0. The van der Waals surface area contributed by atoms with Crippen LogP contribution in [0.4, 0.5) is 0 Å². The minimum absolute atomic E-state index is 0.0722. The fourth-order valence-corrected chi connectivity index (χ4v) is 5.86. The van der Waals surface area contributed by atoms with Gasteiger partial charge in [-0.3, -0.25) is 13.8 Å². The second kappa shape index (κ2) is 33.6. The number of carbonyl (C=O) groups excluding carboxylic acids is 1. The number of aliphatic hydroxyl groups is 1. The highest BCUT2D eigenvalue weighted by Crippen LogP contribution is 2.43. The minimum atomic E-state index is -4.34. The largest absolute Gasteiger partial charge is 0.472 e. The van der Waals surface area contributed by atoms with Gasteiger partial charge in [-0.1, -0.05) is 147 Å². The molecule has 0 aliphatic rings. The second-order valence-corrected chi connectivity index (χ2v) is 13.9. The zero-order valence-corrected chi connectivity index (χ0v) is 30.4. The van der Waals surface area contributed by atoms with Crippen molar-refractivity contribution in [3.05, 3.63) is 36.5 Å². The lowest BCUT2D eigenvalue weighted by molar-refractivity contribution is -0.123. The minimum Gasteiger partial charge on any atom is -0.387 e. The van der Waals surface area contributed by atoms with E-state index >= 15 is 0 Å². The van der Waals surface area contributed by atoms with Crippen molar-refractivity contribution in [2.75, 3.05) is 19.8 Å². The van der Waals surface area contributed by atoms with Gasteiger partial charge in [-0.15, -0.1) is 0 Å². The number of allylic oxidation sites excluding steroid dienone is 5. The molecule has 0 aromatic heterocycles. The number of phosphoric acid groups is 1. The number of unbranched alkanes of at least 4 members (excludes halogenated alkanes) is 18. The van der Waals surface area contributed by atoms with Crippen LogP contribution in [0, 0.1) is 0 Å². The molecule has 0 aromatic carbocycles. The molecule has 0 saturated carbocycles. The molecule has 0 rings (SSSR count). The molecule has 3 atom stereocenters. The quantitative estimate of drug-likeness (QED) is 0.0305. The van der Waals surface area contributed by atoms with Crippen molar-refractivity contribution in [2.45, 2.75) is 174 Å². The maximum atomic E-state index is 12.7. The van der Waals surface area contributed by atoms with Crippen LogP contribution in [-0.4, -0.2) is 47.8 Å². The fourth-order valence-electron chi connectivity index (χ4n) is 5.10. The Morgan fingerprint density at radius 2 is 1.15 bits per heavy atom. The fraction of sp³-hybridized carbons (Fsp3) is 0.811. The van der Waals surface area contributed by atoms with E-state index in [1.54, 1.807) is 6.08 Å². The molecule has 3 unspecified atom stereocenters. The Kier molecular flexibility index (Phi) is 32.7. The molecule has 8 nitrogen and oxygen atoms in total. The van der Waals surface area contributed by atoms with E-state index in [0.717, 1.165) is 44.9 Å². The van der Waals surface area contributed by atoms with Crippen LogP contribution < -0.4 is 11.1 Å². The summed E-state index contributed by atoms with van der Waals surface area (Å²) in [6, 6.07) is -0.878. The molecule has 270 valence electrons. The lowest BCUT2D eigenvalue weighted by Gasteiger charge is -2.23. The van der Waals surface area contributed by atoms with E-state index < -0.39 is 20.0 Å². The first-order valence-corrected chi connectivity index (χ1v) is 20.1. The van der Waals surface area contributed by atoms with E-state index in [0.29, 0.717) is 6.42 Å². The maximum Gasteiger partial charge on any atom is 0.472 e. The molecule has 0 aliphatic heterocycles. The van der Waals surface area contributed by atoms with E-state index in [9.17, 15) is 19.4 Å². The standard InChI is InChI=1S/C37H71N2O6P/c1-3-5-7-9-11-13-15-17-18-19-20-22-24-26-28-30-36(40)35(34-45-46(42,43)44-33-32-38)39-37(41)31-29-27-25-23-21-16-14-12-10-8-6-4-2/h15,17,20,22,28,30,35-36,40H,3-14,16,18-19,21,23-27,29,31-34,38H2,1-2H3,(H,39,41)(H,42,43)/b17-15+,22-20+,30-28+.